The summed E-state index contributed by atoms with van der Waals surface area (Å²) in [5.74, 6) is 0. The number of rotatable bonds is 2. The van der Waals surface area contributed by atoms with E-state index in [0.29, 0.717) is 0 Å². The fraction of sp³-hybridized carbons (Fsp3) is 0.273. The molecule has 0 saturated heterocycles. The monoisotopic (exact) mass is 176 g/mol. The summed E-state index contributed by atoms with van der Waals surface area (Å²) < 4.78 is 0. The standard InChI is InChI=1S/C11H16N2/c1-9-5-6-13(11(3)7-9)8-10(2)12-4/h5-8,12H,3H2,1-2,4H3/b10-8+. The second-order valence-corrected chi connectivity index (χ2v) is 3.16. The minimum Gasteiger partial charge on any atom is -0.390 e. The van der Waals surface area contributed by atoms with E-state index in [9.17, 15) is 0 Å². The van der Waals surface area contributed by atoms with Crippen molar-refractivity contribution in [3.8, 4) is 0 Å². The van der Waals surface area contributed by atoms with E-state index in [1.807, 2.05) is 31.3 Å². The maximum atomic E-state index is 3.96. The zero-order valence-electron chi connectivity index (χ0n) is 8.46. The predicted octanol–water partition coefficient (Wildman–Crippen LogP) is 2.36. The fourth-order valence-electron chi connectivity index (χ4n) is 1.08. The lowest BCUT2D eigenvalue weighted by Crippen LogP contribution is -2.13. The third-order valence-electron chi connectivity index (χ3n) is 1.95. The Morgan fingerprint density at radius 3 is 2.85 bits per heavy atom. The molecule has 0 spiro atoms. The van der Waals surface area contributed by atoms with Gasteiger partial charge in [0.2, 0.25) is 0 Å². The second kappa shape index (κ2) is 3.99. The van der Waals surface area contributed by atoms with Crippen molar-refractivity contribution in [3.63, 3.8) is 0 Å². The molecule has 0 unspecified atom stereocenters. The van der Waals surface area contributed by atoms with Gasteiger partial charge in [0.05, 0.1) is 0 Å². The van der Waals surface area contributed by atoms with E-state index in [-0.39, 0.29) is 0 Å². The minimum absolute atomic E-state index is 0.995. The van der Waals surface area contributed by atoms with Crippen LogP contribution in [0.15, 0.2) is 48.1 Å². The van der Waals surface area contributed by atoms with E-state index in [2.05, 4.69) is 31.0 Å². The van der Waals surface area contributed by atoms with Gasteiger partial charge in [-0.2, -0.15) is 0 Å². The highest BCUT2D eigenvalue weighted by molar-refractivity contribution is 5.33. The van der Waals surface area contributed by atoms with Gasteiger partial charge in [0.15, 0.2) is 0 Å². The Bertz CT molecular complexity index is 295. The molecule has 0 amide bonds. The first-order chi connectivity index (χ1) is 6.13. The average molecular weight is 176 g/mol. The number of allylic oxidation sites excluding steroid dienone is 4. The lowest BCUT2D eigenvalue weighted by atomic mass is 10.2. The Labute approximate surface area is 79.9 Å². The topological polar surface area (TPSA) is 15.3 Å². The smallest absolute Gasteiger partial charge is 0.0380 e. The molecule has 1 rings (SSSR count). The highest BCUT2D eigenvalue weighted by Gasteiger charge is 2.03. The molecule has 0 aromatic rings. The van der Waals surface area contributed by atoms with E-state index in [4.69, 9.17) is 0 Å². The number of nitrogens with zero attached hydrogens (tertiary/aromatic N) is 1. The van der Waals surface area contributed by atoms with Gasteiger partial charge in [-0.25, -0.2) is 0 Å². The maximum absolute atomic E-state index is 3.96. The van der Waals surface area contributed by atoms with Crippen LogP contribution < -0.4 is 5.32 Å². The molecule has 70 valence electrons. The molecule has 0 aromatic carbocycles. The Kier molecular flexibility index (Phi) is 2.96. The molecule has 1 heterocycles. The maximum Gasteiger partial charge on any atom is 0.0380 e. The first kappa shape index (κ1) is 9.65. The van der Waals surface area contributed by atoms with Gasteiger partial charge in [0.1, 0.15) is 0 Å². The highest BCUT2D eigenvalue weighted by atomic mass is 15.1. The normalized spacial score (nSPS) is 17.5. The van der Waals surface area contributed by atoms with Crippen molar-refractivity contribution < 1.29 is 0 Å². The molecule has 0 aliphatic carbocycles. The summed E-state index contributed by atoms with van der Waals surface area (Å²) in [5, 5.41) is 3.07. The Hall–Kier alpha value is -1.44. The third kappa shape index (κ3) is 2.51. The zero-order valence-corrected chi connectivity index (χ0v) is 8.46. The van der Waals surface area contributed by atoms with E-state index in [0.717, 1.165) is 11.4 Å². The molecule has 0 bridgehead atoms. The van der Waals surface area contributed by atoms with Crippen LogP contribution in [-0.4, -0.2) is 11.9 Å². The van der Waals surface area contributed by atoms with Gasteiger partial charge in [0, 0.05) is 30.8 Å². The van der Waals surface area contributed by atoms with Gasteiger partial charge in [-0.3, -0.25) is 0 Å². The van der Waals surface area contributed by atoms with Crippen LogP contribution in [-0.2, 0) is 0 Å². The van der Waals surface area contributed by atoms with Gasteiger partial charge in [-0.15, -0.1) is 0 Å². The van der Waals surface area contributed by atoms with E-state index in [1.165, 1.54) is 5.57 Å². The number of nitrogens with one attached hydrogen (secondary N) is 1. The van der Waals surface area contributed by atoms with Crippen molar-refractivity contribution in [3.05, 3.63) is 48.1 Å². The van der Waals surface area contributed by atoms with E-state index < -0.39 is 0 Å². The molecule has 0 fully saturated rings. The molecule has 0 radical (unpaired) electrons. The lowest BCUT2D eigenvalue weighted by Gasteiger charge is -2.20. The Balaban J connectivity index is 2.76. The van der Waals surface area contributed by atoms with Crippen molar-refractivity contribution in [2.24, 2.45) is 0 Å². The molecule has 2 nitrogen and oxygen atoms in total. The predicted molar refractivity (Wildman–Crippen MR) is 56.7 cm³/mol. The van der Waals surface area contributed by atoms with Gasteiger partial charge in [-0.1, -0.05) is 6.58 Å². The summed E-state index contributed by atoms with van der Waals surface area (Å²) in [6.07, 6.45) is 8.15. The largest absolute Gasteiger partial charge is 0.390 e. The van der Waals surface area contributed by atoms with Crippen LogP contribution in [0.1, 0.15) is 13.8 Å². The van der Waals surface area contributed by atoms with E-state index in [1.54, 1.807) is 0 Å². The van der Waals surface area contributed by atoms with Crippen molar-refractivity contribution in [2.75, 3.05) is 7.05 Å². The molecular weight excluding hydrogens is 160 g/mol. The van der Waals surface area contributed by atoms with Crippen molar-refractivity contribution in [2.45, 2.75) is 13.8 Å². The van der Waals surface area contributed by atoms with Crippen LogP contribution in [0.25, 0.3) is 0 Å². The van der Waals surface area contributed by atoms with Crippen LogP contribution in [0, 0.1) is 0 Å². The molecule has 0 saturated carbocycles. The summed E-state index contributed by atoms with van der Waals surface area (Å²) in [4.78, 5) is 2.00. The van der Waals surface area contributed by atoms with Crippen LogP contribution in [0.2, 0.25) is 0 Å². The summed E-state index contributed by atoms with van der Waals surface area (Å²) in [6.45, 7) is 8.04. The van der Waals surface area contributed by atoms with Crippen LogP contribution in [0.4, 0.5) is 0 Å². The average Bonchev–Trinajstić information content (AvgIpc) is 2.09. The van der Waals surface area contributed by atoms with Crippen molar-refractivity contribution in [1.82, 2.24) is 10.2 Å². The summed E-state index contributed by atoms with van der Waals surface area (Å²) in [6, 6.07) is 0. The first-order valence-corrected chi connectivity index (χ1v) is 4.33. The zero-order chi connectivity index (χ0) is 9.84. The Morgan fingerprint density at radius 1 is 1.62 bits per heavy atom. The number of hydrogen-bond donors (Lipinski definition) is 1. The fourth-order valence-corrected chi connectivity index (χ4v) is 1.08. The van der Waals surface area contributed by atoms with Gasteiger partial charge in [-0.05, 0) is 31.6 Å². The molecule has 13 heavy (non-hydrogen) atoms. The third-order valence-corrected chi connectivity index (χ3v) is 1.95. The van der Waals surface area contributed by atoms with Crippen molar-refractivity contribution >= 4 is 0 Å². The van der Waals surface area contributed by atoms with Gasteiger partial charge in [0.25, 0.3) is 0 Å². The van der Waals surface area contributed by atoms with Crippen LogP contribution in [0.5, 0.6) is 0 Å². The summed E-state index contributed by atoms with van der Waals surface area (Å²) in [5.41, 5.74) is 3.34. The highest BCUT2D eigenvalue weighted by Crippen LogP contribution is 2.15. The molecule has 1 N–H and O–H groups in total. The van der Waals surface area contributed by atoms with Crippen LogP contribution >= 0.6 is 0 Å². The number of hydrogen-bond acceptors (Lipinski definition) is 2. The van der Waals surface area contributed by atoms with Gasteiger partial charge >= 0.3 is 0 Å². The van der Waals surface area contributed by atoms with Crippen molar-refractivity contribution in [1.29, 1.82) is 0 Å². The molecule has 2 heteroatoms. The molecule has 1 aliphatic rings. The summed E-state index contributed by atoms with van der Waals surface area (Å²) >= 11 is 0. The molecular formula is C11H16N2. The second-order valence-electron chi connectivity index (χ2n) is 3.16. The Morgan fingerprint density at radius 2 is 2.31 bits per heavy atom. The molecule has 0 atom stereocenters. The van der Waals surface area contributed by atoms with E-state index >= 15 is 0 Å². The quantitative estimate of drug-likeness (QED) is 0.694. The lowest BCUT2D eigenvalue weighted by molar-refractivity contribution is 0.631. The van der Waals surface area contributed by atoms with Gasteiger partial charge < -0.3 is 10.2 Å². The SMILES string of the molecule is C=C1C=C(C)C=CN1/C=C(\C)NC. The molecule has 1 aliphatic heterocycles. The summed E-state index contributed by atoms with van der Waals surface area (Å²) in [7, 11) is 1.91. The minimum atomic E-state index is 0.995. The molecule has 0 aromatic heterocycles. The first-order valence-electron chi connectivity index (χ1n) is 4.33. The van der Waals surface area contributed by atoms with Crippen LogP contribution in [0.3, 0.4) is 0 Å².